The lowest BCUT2D eigenvalue weighted by Crippen LogP contribution is -2.35. The molecule has 24 heavy (non-hydrogen) atoms. The zero-order valence-corrected chi connectivity index (χ0v) is 15.4. The molecular formula is C19H18Cl2N2O. The molecule has 2 atom stereocenters. The quantitative estimate of drug-likeness (QED) is 0.678. The molecule has 0 aromatic heterocycles. The third-order valence-electron chi connectivity index (χ3n) is 4.74. The zero-order chi connectivity index (χ0) is 17.6. The highest BCUT2D eigenvalue weighted by atomic mass is 35.5. The van der Waals surface area contributed by atoms with Crippen molar-refractivity contribution in [2.24, 2.45) is 16.3 Å². The van der Waals surface area contributed by atoms with E-state index in [0.717, 1.165) is 23.4 Å². The van der Waals surface area contributed by atoms with Gasteiger partial charge >= 0.3 is 0 Å². The van der Waals surface area contributed by atoms with E-state index in [2.05, 4.69) is 24.9 Å². The van der Waals surface area contributed by atoms with Gasteiger partial charge in [-0.2, -0.15) is 5.26 Å². The molecule has 2 aliphatic rings. The van der Waals surface area contributed by atoms with Crippen LogP contribution in [0.2, 0.25) is 10.0 Å². The normalized spacial score (nSPS) is 25.8. The molecule has 1 aliphatic carbocycles. The van der Waals surface area contributed by atoms with Crippen LogP contribution in [0.4, 0.5) is 0 Å². The number of Topliss-reactive ketones (excluding diaryl/α,β-unsaturated/α-hetero) is 1. The average Bonchev–Trinajstić information content (AvgIpc) is 2.44. The van der Waals surface area contributed by atoms with E-state index in [-0.39, 0.29) is 17.1 Å². The Morgan fingerprint density at radius 3 is 2.62 bits per heavy atom. The molecule has 0 saturated carbocycles. The predicted octanol–water partition coefficient (Wildman–Crippen LogP) is 5.33. The number of allylic oxidation sites excluding steroid dienone is 2. The summed E-state index contributed by atoms with van der Waals surface area (Å²) in [7, 11) is 0. The number of ketones is 1. The number of hydrogen-bond donors (Lipinski definition) is 0. The molecule has 1 aromatic rings. The molecule has 0 spiro atoms. The van der Waals surface area contributed by atoms with Gasteiger partial charge < -0.3 is 0 Å². The van der Waals surface area contributed by atoms with Crippen LogP contribution in [0, 0.1) is 22.7 Å². The Hall–Kier alpha value is -1.63. The van der Waals surface area contributed by atoms with Crippen molar-refractivity contribution in [2.45, 2.75) is 39.5 Å². The van der Waals surface area contributed by atoms with Crippen molar-refractivity contribution in [1.82, 2.24) is 0 Å². The van der Waals surface area contributed by atoms with Gasteiger partial charge in [0, 0.05) is 39.4 Å². The molecule has 1 aliphatic heterocycles. The van der Waals surface area contributed by atoms with Crippen molar-refractivity contribution in [1.29, 1.82) is 5.26 Å². The van der Waals surface area contributed by atoms with E-state index in [1.165, 1.54) is 0 Å². The van der Waals surface area contributed by atoms with E-state index in [1.807, 2.05) is 13.0 Å². The Balaban J connectivity index is 2.22. The Morgan fingerprint density at radius 2 is 2.00 bits per heavy atom. The predicted molar refractivity (Wildman–Crippen MR) is 96.5 cm³/mol. The standard InChI is InChI=1S/C19H18Cl2N2O/c1-10-13(9-22)17(12-5-4-11(20)6-14(12)21)18-15(23-10)7-19(2,3)8-16(18)24/h4-6,13,17H,7-8H2,1-3H3. The second kappa shape index (κ2) is 6.02. The van der Waals surface area contributed by atoms with E-state index in [0.29, 0.717) is 22.0 Å². The topological polar surface area (TPSA) is 53.2 Å². The molecule has 0 fully saturated rings. The molecule has 0 bridgehead atoms. The van der Waals surface area contributed by atoms with Crippen LogP contribution in [0.3, 0.4) is 0 Å². The van der Waals surface area contributed by atoms with Crippen LogP contribution >= 0.6 is 23.2 Å². The first-order valence-electron chi connectivity index (χ1n) is 7.89. The monoisotopic (exact) mass is 360 g/mol. The molecule has 0 amide bonds. The fourth-order valence-corrected chi connectivity index (χ4v) is 4.23. The summed E-state index contributed by atoms with van der Waals surface area (Å²) in [4.78, 5) is 17.5. The number of hydrogen-bond acceptors (Lipinski definition) is 3. The minimum atomic E-state index is -0.493. The molecule has 1 heterocycles. The molecule has 1 aromatic carbocycles. The number of halogens is 2. The lowest BCUT2D eigenvalue weighted by atomic mass is 9.67. The maximum atomic E-state index is 12.9. The molecule has 0 radical (unpaired) electrons. The van der Waals surface area contributed by atoms with Crippen molar-refractivity contribution in [3.05, 3.63) is 45.1 Å². The Morgan fingerprint density at radius 1 is 1.29 bits per heavy atom. The summed E-state index contributed by atoms with van der Waals surface area (Å²) < 4.78 is 0. The minimum Gasteiger partial charge on any atom is -0.294 e. The van der Waals surface area contributed by atoms with Gasteiger partial charge in [0.05, 0.1) is 12.0 Å². The zero-order valence-electron chi connectivity index (χ0n) is 13.9. The fraction of sp³-hybridized carbons (Fsp3) is 0.421. The van der Waals surface area contributed by atoms with Gasteiger partial charge in [-0.05, 0) is 36.5 Å². The van der Waals surface area contributed by atoms with Gasteiger partial charge in [0.1, 0.15) is 0 Å². The first-order valence-corrected chi connectivity index (χ1v) is 8.65. The van der Waals surface area contributed by atoms with Gasteiger partial charge in [0.25, 0.3) is 0 Å². The van der Waals surface area contributed by atoms with Crippen LogP contribution in [-0.4, -0.2) is 11.5 Å². The number of benzene rings is 1. The summed E-state index contributed by atoms with van der Waals surface area (Å²) in [6, 6.07) is 7.53. The molecule has 124 valence electrons. The highest BCUT2D eigenvalue weighted by Gasteiger charge is 2.43. The molecule has 3 rings (SSSR count). The Labute approximate surface area is 152 Å². The van der Waals surface area contributed by atoms with E-state index in [9.17, 15) is 10.1 Å². The SMILES string of the molecule is CC1=NC2=C(C(=O)CC(C)(C)C2)C(c2ccc(Cl)cc2Cl)C1C#N. The number of carbonyl (C=O) groups excluding carboxylic acids is 1. The Kier molecular flexibility index (Phi) is 4.32. The highest BCUT2D eigenvalue weighted by Crippen LogP contribution is 2.48. The van der Waals surface area contributed by atoms with Gasteiger partial charge in [0.15, 0.2) is 5.78 Å². The second-order valence-electron chi connectivity index (χ2n) is 7.30. The number of rotatable bonds is 1. The van der Waals surface area contributed by atoms with Crippen molar-refractivity contribution < 1.29 is 4.79 Å². The Bertz CT molecular complexity index is 830. The lowest BCUT2D eigenvalue weighted by molar-refractivity contribution is -0.118. The third-order valence-corrected chi connectivity index (χ3v) is 5.30. The molecule has 5 heteroatoms. The van der Waals surface area contributed by atoms with Crippen molar-refractivity contribution in [3.63, 3.8) is 0 Å². The maximum Gasteiger partial charge on any atom is 0.161 e. The highest BCUT2D eigenvalue weighted by molar-refractivity contribution is 6.35. The van der Waals surface area contributed by atoms with Crippen molar-refractivity contribution >= 4 is 34.7 Å². The lowest BCUT2D eigenvalue weighted by Gasteiger charge is -2.38. The molecular weight excluding hydrogens is 343 g/mol. The van der Waals surface area contributed by atoms with Crippen LogP contribution in [0.25, 0.3) is 0 Å². The molecule has 0 N–H and O–H groups in total. The molecule has 0 saturated heterocycles. The largest absolute Gasteiger partial charge is 0.294 e. The van der Waals surface area contributed by atoms with Gasteiger partial charge in [-0.15, -0.1) is 0 Å². The maximum absolute atomic E-state index is 12.9. The van der Waals surface area contributed by atoms with E-state index in [1.54, 1.807) is 12.1 Å². The summed E-state index contributed by atoms with van der Waals surface area (Å²) >= 11 is 12.4. The molecule has 2 unspecified atom stereocenters. The van der Waals surface area contributed by atoms with E-state index < -0.39 is 5.92 Å². The first-order chi connectivity index (χ1) is 11.2. The van der Waals surface area contributed by atoms with Crippen LogP contribution < -0.4 is 0 Å². The number of nitriles is 1. The summed E-state index contributed by atoms with van der Waals surface area (Å²) in [5.41, 5.74) is 2.83. The van der Waals surface area contributed by atoms with Crippen LogP contribution in [0.1, 0.15) is 45.1 Å². The van der Waals surface area contributed by atoms with Crippen LogP contribution in [0.5, 0.6) is 0 Å². The van der Waals surface area contributed by atoms with Crippen LogP contribution in [0.15, 0.2) is 34.5 Å². The number of nitrogens with zero attached hydrogens (tertiary/aromatic N) is 2. The number of carbonyl (C=O) groups is 1. The molecule has 3 nitrogen and oxygen atoms in total. The van der Waals surface area contributed by atoms with Crippen molar-refractivity contribution in [2.75, 3.05) is 0 Å². The van der Waals surface area contributed by atoms with E-state index in [4.69, 9.17) is 23.2 Å². The summed E-state index contributed by atoms with van der Waals surface area (Å²) in [6.45, 7) is 5.99. The first kappa shape index (κ1) is 17.2. The summed E-state index contributed by atoms with van der Waals surface area (Å²) in [5.74, 6) is -0.808. The van der Waals surface area contributed by atoms with E-state index >= 15 is 0 Å². The van der Waals surface area contributed by atoms with Crippen molar-refractivity contribution in [3.8, 4) is 6.07 Å². The van der Waals surface area contributed by atoms with Crippen LogP contribution in [-0.2, 0) is 4.79 Å². The average molecular weight is 361 g/mol. The van der Waals surface area contributed by atoms with Gasteiger partial charge in [0.2, 0.25) is 0 Å². The smallest absolute Gasteiger partial charge is 0.161 e. The van der Waals surface area contributed by atoms with Gasteiger partial charge in [-0.1, -0.05) is 43.1 Å². The van der Waals surface area contributed by atoms with Gasteiger partial charge in [-0.3, -0.25) is 9.79 Å². The summed E-state index contributed by atoms with van der Waals surface area (Å²) in [6.07, 6.45) is 1.19. The number of aliphatic imine (C=N–C) groups is 1. The minimum absolute atomic E-state index is 0.0637. The fourth-order valence-electron chi connectivity index (χ4n) is 3.70. The second-order valence-corrected chi connectivity index (χ2v) is 8.15. The third kappa shape index (κ3) is 2.90. The summed E-state index contributed by atoms with van der Waals surface area (Å²) in [5, 5.41) is 10.7. The van der Waals surface area contributed by atoms with Gasteiger partial charge in [-0.25, -0.2) is 0 Å².